The van der Waals surface area contributed by atoms with Gasteiger partial charge in [0.2, 0.25) is 0 Å². The van der Waals surface area contributed by atoms with Gasteiger partial charge in [-0.15, -0.1) is 0 Å². The van der Waals surface area contributed by atoms with Crippen molar-refractivity contribution < 1.29 is 0 Å². The second kappa shape index (κ2) is 5.50. The molecule has 2 nitrogen and oxygen atoms in total. The molecule has 1 heterocycles. The molecular formula is C14H30N2. The Balaban J connectivity index is 2.71. The molecule has 1 aliphatic rings. The summed E-state index contributed by atoms with van der Waals surface area (Å²) in [4.78, 5) is 2.64. The van der Waals surface area contributed by atoms with Gasteiger partial charge in [0.15, 0.2) is 0 Å². The largest absolute Gasteiger partial charge is 0.326 e. The number of nitrogens with zero attached hydrogens (tertiary/aromatic N) is 1. The van der Waals surface area contributed by atoms with Crippen molar-refractivity contribution in [3.05, 3.63) is 0 Å². The number of hydrogen-bond acceptors (Lipinski definition) is 2. The lowest BCUT2D eigenvalue weighted by molar-refractivity contribution is 0.0946. The fraction of sp³-hybridized carbons (Fsp3) is 1.00. The van der Waals surface area contributed by atoms with E-state index in [4.69, 9.17) is 5.73 Å². The summed E-state index contributed by atoms with van der Waals surface area (Å²) in [7, 11) is 0. The predicted octanol–water partition coefficient (Wildman–Crippen LogP) is 2.87. The SMILES string of the molecule is CCC1CCN(C(C(N)CC)C(C)(C)C)C1. The highest BCUT2D eigenvalue weighted by Crippen LogP contribution is 2.32. The quantitative estimate of drug-likeness (QED) is 0.798. The highest BCUT2D eigenvalue weighted by molar-refractivity contribution is 4.93. The molecule has 0 aromatic rings. The summed E-state index contributed by atoms with van der Waals surface area (Å²) >= 11 is 0. The first-order valence-corrected chi connectivity index (χ1v) is 6.89. The van der Waals surface area contributed by atoms with E-state index < -0.39 is 0 Å². The van der Waals surface area contributed by atoms with Crippen LogP contribution >= 0.6 is 0 Å². The third-order valence-corrected chi connectivity index (χ3v) is 4.05. The Morgan fingerprint density at radius 2 is 1.94 bits per heavy atom. The molecule has 0 aliphatic carbocycles. The van der Waals surface area contributed by atoms with E-state index in [-0.39, 0.29) is 5.41 Å². The molecule has 0 amide bonds. The van der Waals surface area contributed by atoms with Crippen LogP contribution in [0, 0.1) is 11.3 Å². The fourth-order valence-corrected chi connectivity index (χ4v) is 3.13. The molecule has 2 heteroatoms. The summed E-state index contributed by atoms with van der Waals surface area (Å²) in [5.74, 6) is 0.897. The molecule has 96 valence electrons. The monoisotopic (exact) mass is 226 g/mol. The van der Waals surface area contributed by atoms with E-state index >= 15 is 0 Å². The van der Waals surface area contributed by atoms with Gasteiger partial charge < -0.3 is 5.73 Å². The third-order valence-electron chi connectivity index (χ3n) is 4.05. The van der Waals surface area contributed by atoms with Crippen LogP contribution in [-0.4, -0.2) is 30.1 Å². The highest BCUT2D eigenvalue weighted by atomic mass is 15.2. The van der Waals surface area contributed by atoms with E-state index in [1.807, 2.05) is 0 Å². The van der Waals surface area contributed by atoms with Crippen LogP contribution in [0.25, 0.3) is 0 Å². The van der Waals surface area contributed by atoms with Crippen molar-refractivity contribution in [2.75, 3.05) is 13.1 Å². The summed E-state index contributed by atoms with van der Waals surface area (Å²) in [6.07, 6.45) is 3.75. The van der Waals surface area contributed by atoms with Crippen LogP contribution < -0.4 is 5.73 Å². The zero-order chi connectivity index (χ0) is 12.3. The number of nitrogens with two attached hydrogens (primary N) is 1. The van der Waals surface area contributed by atoms with Crippen molar-refractivity contribution in [1.82, 2.24) is 4.90 Å². The smallest absolute Gasteiger partial charge is 0.0295 e. The van der Waals surface area contributed by atoms with E-state index in [1.54, 1.807) is 0 Å². The topological polar surface area (TPSA) is 29.3 Å². The summed E-state index contributed by atoms with van der Waals surface area (Å²) in [5, 5.41) is 0. The normalized spacial score (nSPS) is 27.0. The van der Waals surface area contributed by atoms with E-state index in [0.717, 1.165) is 12.3 Å². The molecule has 1 fully saturated rings. The van der Waals surface area contributed by atoms with Crippen molar-refractivity contribution in [3.8, 4) is 0 Å². The zero-order valence-electron chi connectivity index (χ0n) is 11.8. The maximum Gasteiger partial charge on any atom is 0.0295 e. The highest BCUT2D eigenvalue weighted by Gasteiger charge is 2.37. The van der Waals surface area contributed by atoms with Gasteiger partial charge in [-0.1, -0.05) is 41.0 Å². The summed E-state index contributed by atoms with van der Waals surface area (Å²) in [6.45, 7) is 14.0. The molecule has 16 heavy (non-hydrogen) atoms. The van der Waals surface area contributed by atoms with Crippen molar-refractivity contribution in [3.63, 3.8) is 0 Å². The summed E-state index contributed by atoms with van der Waals surface area (Å²) in [5.41, 5.74) is 6.62. The first kappa shape index (κ1) is 14.0. The first-order chi connectivity index (χ1) is 7.40. The molecule has 3 unspecified atom stereocenters. The summed E-state index contributed by atoms with van der Waals surface area (Å²) in [6, 6.07) is 0.852. The zero-order valence-corrected chi connectivity index (χ0v) is 11.8. The van der Waals surface area contributed by atoms with Gasteiger partial charge in [-0.25, -0.2) is 0 Å². The van der Waals surface area contributed by atoms with Crippen molar-refractivity contribution in [1.29, 1.82) is 0 Å². The van der Waals surface area contributed by atoms with E-state index in [0.29, 0.717) is 12.1 Å². The standard InChI is InChI=1S/C14H30N2/c1-6-11-8-9-16(10-11)13(12(15)7-2)14(3,4)5/h11-13H,6-10,15H2,1-5H3. The Bertz CT molecular complexity index is 207. The molecular weight excluding hydrogens is 196 g/mol. The lowest BCUT2D eigenvalue weighted by Crippen LogP contribution is -2.53. The van der Waals surface area contributed by atoms with Crippen LogP contribution in [0.1, 0.15) is 53.9 Å². The van der Waals surface area contributed by atoms with Crippen molar-refractivity contribution in [2.45, 2.75) is 66.0 Å². The van der Waals surface area contributed by atoms with Gasteiger partial charge >= 0.3 is 0 Å². The van der Waals surface area contributed by atoms with Crippen molar-refractivity contribution >= 4 is 0 Å². The minimum absolute atomic E-state index is 0.290. The Hall–Kier alpha value is -0.0800. The maximum absolute atomic E-state index is 6.33. The predicted molar refractivity (Wildman–Crippen MR) is 71.5 cm³/mol. The average molecular weight is 226 g/mol. The molecule has 2 N–H and O–H groups in total. The van der Waals surface area contributed by atoms with Crippen LogP contribution in [-0.2, 0) is 0 Å². The number of likely N-dealkylation sites (tertiary alicyclic amines) is 1. The molecule has 0 aromatic heterocycles. The Kier molecular flexibility index (Phi) is 4.81. The van der Waals surface area contributed by atoms with E-state index in [1.165, 1.54) is 25.9 Å². The first-order valence-electron chi connectivity index (χ1n) is 6.89. The van der Waals surface area contributed by atoms with Gasteiger partial charge in [0.25, 0.3) is 0 Å². The van der Waals surface area contributed by atoms with Gasteiger partial charge in [-0.05, 0) is 30.7 Å². The van der Waals surface area contributed by atoms with Gasteiger partial charge in [-0.3, -0.25) is 4.90 Å². The molecule has 0 spiro atoms. The van der Waals surface area contributed by atoms with Gasteiger partial charge in [0, 0.05) is 18.6 Å². The van der Waals surface area contributed by atoms with Gasteiger partial charge in [0.05, 0.1) is 0 Å². The van der Waals surface area contributed by atoms with Crippen LogP contribution in [0.2, 0.25) is 0 Å². The van der Waals surface area contributed by atoms with Crippen LogP contribution in [0.5, 0.6) is 0 Å². The van der Waals surface area contributed by atoms with E-state index in [2.05, 4.69) is 39.5 Å². The van der Waals surface area contributed by atoms with Crippen molar-refractivity contribution in [2.24, 2.45) is 17.1 Å². The number of rotatable bonds is 4. The third kappa shape index (κ3) is 3.21. The van der Waals surface area contributed by atoms with Crippen LogP contribution in [0.4, 0.5) is 0 Å². The fourth-order valence-electron chi connectivity index (χ4n) is 3.13. The molecule has 0 saturated carbocycles. The lowest BCUT2D eigenvalue weighted by Gasteiger charge is -2.41. The minimum Gasteiger partial charge on any atom is -0.326 e. The average Bonchev–Trinajstić information content (AvgIpc) is 2.64. The maximum atomic E-state index is 6.33. The van der Waals surface area contributed by atoms with E-state index in [9.17, 15) is 0 Å². The molecule has 1 saturated heterocycles. The molecule has 0 radical (unpaired) electrons. The van der Waals surface area contributed by atoms with Gasteiger partial charge in [0.1, 0.15) is 0 Å². The molecule has 3 atom stereocenters. The summed E-state index contributed by atoms with van der Waals surface area (Å²) < 4.78 is 0. The lowest BCUT2D eigenvalue weighted by atomic mass is 9.80. The molecule has 1 aliphatic heterocycles. The second-order valence-electron chi connectivity index (χ2n) is 6.44. The Morgan fingerprint density at radius 3 is 2.31 bits per heavy atom. The molecule has 1 rings (SSSR count). The Morgan fingerprint density at radius 1 is 1.31 bits per heavy atom. The van der Waals surface area contributed by atoms with Crippen LogP contribution in [0.3, 0.4) is 0 Å². The molecule has 0 aromatic carbocycles. The minimum atomic E-state index is 0.290. The Labute approximate surface area is 102 Å². The second-order valence-corrected chi connectivity index (χ2v) is 6.44. The number of hydrogen-bond donors (Lipinski definition) is 1. The van der Waals surface area contributed by atoms with Gasteiger partial charge in [-0.2, -0.15) is 0 Å². The molecule has 0 bridgehead atoms. The van der Waals surface area contributed by atoms with Crippen LogP contribution in [0.15, 0.2) is 0 Å².